The summed E-state index contributed by atoms with van der Waals surface area (Å²) in [5.41, 5.74) is 4.60. The smallest absolute Gasteiger partial charge is 0.462 e. The Morgan fingerprint density at radius 2 is 0.877 bits per heavy atom. The van der Waals surface area contributed by atoms with Gasteiger partial charge in [-0.25, -0.2) is 4.57 Å². The van der Waals surface area contributed by atoms with Gasteiger partial charge in [0.1, 0.15) is 6.61 Å². The van der Waals surface area contributed by atoms with Crippen LogP contribution in [0.25, 0.3) is 0 Å². The molecule has 0 fully saturated rings. The number of carbonyl (C=O) groups excluding carboxylic acids is 3. The quantitative estimate of drug-likeness (QED) is 0.0259. The third-order valence-electron chi connectivity index (χ3n) is 10.6. The molecule has 0 aromatic rings. The Labute approximate surface area is 401 Å². The van der Waals surface area contributed by atoms with E-state index in [1.165, 1.54) is 155 Å². The number of esters is 2. The molecule has 2 atom stereocenters. The summed E-state index contributed by atoms with van der Waals surface area (Å²) in [6.07, 6.45) is 36.8. The SMILES string of the molecule is CC.CC(C)(C)CO.CCCCCCCCCCCCCCCCCC(=O)OC[C@H](COP(=O)(O)OCCNC(=O)CC)OC(=O)CCCCCCCCCCCCCCCCC.CN. The average molecular weight is 953 g/mol. The minimum atomic E-state index is -4.49. The van der Waals surface area contributed by atoms with Gasteiger partial charge >= 0.3 is 19.8 Å². The number of hydrogen-bond acceptors (Lipinski definition) is 10. The molecule has 0 rings (SSSR count). The number of phosphoric acid groups is 1. The van der Waals surface area contributed by atoms with Crippen LogP contribution in [-0.4, -0.2) is 74.0 Å². The number of ether oxygens (including phenoxy) is 2. The van der Waals surface area contributed by atoms with Gasteiger partial charge in [0.15, 0.2) is 6.10 Å². The van der Waals surface area contributed by atoms with Crippen molar-refractivity contribution < 1.29 is 47.5 Å². The summed E-state index contributed by atoms with van der Waals surface area (Å²) in [5.74, 6) is -1.06. The van der Waals surface area contributed by atoms with E-state index in [9.17, 15) is 23.8 Å². The van der Waals surface area contributed by atoms with Crippen molar-refractivity contribution in [2.75, 3.05) is 40.0 Å². The number of nitrogens with two attached hydrogens (primary N) is 1. The number of carbonyl (C=O) groups is 3. The van der Waals surface area contributed by atoms with Crippen molar-refractivity contribution in [3.05, 3.63) is 0 Å². The third-order valence-corrected chi connectivity index (χ3v) is 11.6. The number of hydrogen-bond donors (Lipinski definition) is 4. The maximum atomic E-state index is 12.7. The summed E-state index contributed by atoms with van der Waals surface area (Å²) in [6, 6.07) is 0. The lowest BCUT2D eigenvalue weighted by Gasteiger charge is -2.20. The Balaban J connectivity index is -0.00000168. The molecule has 5 N–H and O–H groups in total. The van der Waals surface area contributed by atoms with E-state index in [1.807, 2.05) is 34.6 Å². The molecule has 12 nitrogen and oxygen atoms in total. The summed E-state index contributed by atoms with van der Waals surface area (Å²) in [6.45, 7) is 15.6. The molecule has 0 saturated carbocycles. The van der Waals surface area contributed by atoms with Crippen LogP contribution in [-0.2, 0) is 37.5 Å². The highest BCUT2D eigenvalue weighted by Crippen LogP contribution is 2.43. The molecule has 65 heavy (non-hydrogen) atoms. The molecule has 1 amide bonds. The molecule has 0 aliphatic heterocycles. The van der Waals surface area contributed by atoms with Crippen LogP contribution in [0.1, 0.15) is 267 Å². The van der Waals surface area contributed by atoms with E-state index < -0.39 is 32.5 Å². The van der Waals surface area contributed by atoms with Gasteiger partial charge in [-0.1, -0.05) is 235 Å². The maximum Gasteiger partial charge on any atom is 0.472 e. The maximum absolute atomic E-state index is 12.7. The van der Waals surface area contributed by atoms with Crippen molar-refractivity contribution in [3.63, 3.8) is 0 Å². The van der Waals surface area contributed by atoms with Crippen LogP contribution in [0.3, 0.4) is 0 Å². The minimum Gasteiger partial charge on any atom is -0.462 e. The zero-order chi connectivity index (χ0) is 49.7. The molecule has 0 saturated heterocycles. The summed E-state index contributed by atoms with van der Waals surface area (Å²) >= 11 is 0. The Hall–Kier alpha value is -1.56. The molecule has 0 aliphatic carbocycles. The monoisotopic (exact) mass is 953 g/mol. The normalized spacial score (nSPS) is 12.3. The predicted octanol–water partition coefficient (Wildman–Crippen LogP) is 14.3. The van der Waals surface area contributed by atoms with Crippen LogP contribution < -0.4 is 11.1 Å². The van der Waals surface area contributed by atoms with Crippen LogP contribution in [0.4, 0.5) is 0 Å². The fraction of sp³-hybridized carbons (Fsp3) is 0.942. The number of phosphoric ester groups is 1. The Kier molecular flexibility index (Phi) is 59.3. The zero-order valence-electron chi connectivity index (χ0n) is 44.1. The largest absolute Gasteiger partial charge is 0.472 e. The molecule has 13 heteroatoms. The molecule has 0 radical (unpaired) electrons. The Bertz CT molecular complexity index is 1040. The van der Waals surface area contributed by atoms with Crippen LogP contribution in [0.2, 0.25) is 0 Å². The molecule has 0 aromatic carbocycles. The van der Waals surface area contributed by atoms with Gasteiger partial charge in [0.05, 0.1) is 13.2 Å². The summed E-state index contributed by atoms with van der Waals surface area (Å²) in [4.78, 5) is 46.6. The number of nitrogens with one attached hydrogen (secondary N) is 1. The van der Waals surface area contributed by atoms with Crippen molar-refractivity contribution in [3.8, 4) is 0 Å². The fourth-order valence-corrected chi connectivity index (χ4v) is 7.34. The van der Waals surface area contributed by atoms with Crippen molar-refractivity contribution in [2.24, 2.45) is 11.1 Å². The lowest BCUT2D eigenvalue weighted by Crippen LogP contribution is -2.30. The zero-order valence-corrected chi connectivity index (χ0v) is 45.0. The van der Waals surface area contributed by atoms with Crippen molar-refractivity contribution in [1.82, 2.24) is 5.32 Å². The first-order valence-electron chi connectivity index (χ1n) is 26.7. The number of aliphatic hydroxyl groups is 1. The molecule has 0 heterocycles. The number of amides is 1. The van der Waals surface area contributed by atoms with Gasteiger partial charge in [0.2, 0.25) is 5.91 Å². The number of aliphatic hydroxyl groups excluding tert-OH is 1. The summed E-state index contributed by atoms with van der Waals surface area (Å²) in [5, 5.41) is 11.0. The van der Waals surface area contributed by atoms with E-state index in [1.54, 1.807) is 6.92 Å². The highest BCUT2D eigenvalue weighted by molar-refractivity contribution is 7.47. The predicted molar refractivity (Wildman–Crippen MR) is 273 cm³/mol. The van der Waals surface area contributed by atoms with Crippen LogP contribution in [0.15, 0.2) is 0 Å². The first kappa shape index (κ1) is 70.0. The Morgan fingerprint density at radius 3 is 1.20 bits per heavy atom. The van der Waals surface area contributed by atoms with Crippen molar-refractivity contribution >= 4 is 25.7 Å². The van der Waals surface area contributed by atoms with Gasteiger partial charge in [0.25, 0.3) is 0 Å². The van der Waals surface area contributed by atoms with E-state index in [-0.39, 0.29) is 57.0 Å². The molecule has 0 aromatic heterocycles. The number of unbranched alkanes of at least 4 members (excludes halogenated alkanes) is 28. The van der Waals surface area contributed by atoms with E-state index in [2.05, 4.69) is 24.9 Å². The second kappa shape index (κ2) is 55.0. The van der Waals surface area contributed by atoms with Crippen molar-refractivity contribution in [1.29, 1.82) is 0 Å². The van der Waals surface area contributed by atoms with Crippen LogP contribution in [0.5, 0.6) is 0 Å². The Morgan fingerprint density at radius 1 is 0.554 bits per heavy atom. The van der Waals surface area contributed by atoms with Gasteiger partial charge in [0, 0.05) is 32.4 Å². The summed E-state index contributed by atoms with van der Waals surface area (Å²) < 4.78 is 33.4. The van der Waals surface area contributed by atoms with Gasteiger partial charge in [-0.15, -0.1) is 0 Å². The summed E-state index contributed by atoms with van der Waals surface area (Å²) in [7, 11) is -2.99. The molecular formula is C52H109N2O10P. The molecular weight excluding hydrogens is 844 g/mol. The minimum absolute atomic E-state index is 0.0508. The third kappa shape index (κ3) is 62.4. The average Bonchev–Trinajstić information content (AvgIpc) is 3.29. The van der Waals surface area contributed by atoms with Crippen LogP contribution in [0, 0.1) is 5.41 Å². The fourth-order valence-electron chi connectivity index (χ4n) is 6.59. The van der Waals surface area contributed by atoms with Gasteiger partial charge in [-0.3, -0.25) is 23.4 Å². The topological polar surface area (TPSA) is 184 Å². The molecule has 0 spiro atoms. The van der Waals surface area contributed by atoms with E-state index in [0.29, 0.717) is 6.42 Å². The van der Waals surface area contributed by atoms with E-state index >= 15 is 0 Å². The molecule has 0 bridgehead atoms. The lowest BCUT2D eigenvalue weighted by atomic mass is 9.99. The van der Waals surface area contributed by atoms with E-state index in [0.717, 1.165) is 38.5 Å². The second-order valence-electron chi connectivity index (χ2n) is 18.2. The second-order valence-corrected chi connectivity index (χ2v) is 19.7. The molecule has 392 valence electrons. The van der Waals surface area contributed by atoms with Gasteiger partial charge < -0.3 is 30.5 Å². The standard InChI is InChI=1S/C44H86NO9P.C5H12O.C2H6.CH5N/c1-4-7-9-11-13-15-17-19-21-23-25-27-29-31-33-35-43(47)51-39-41(40-53-55(49,50)52-38-37-45-42(46)6-3)54-44(48)36-34-32-30-28-26-24-22-20-18-16-14-12-10-8-5-2;1-5(2,3)4-6;2*1-2/h41H,4-40H2,1-3H3,(H,45,46)(H,49,50);6H,4H2,1-3H3;1-2H3;2H2,1H3/t41-;;;/m1.../s1. The first-order valence-corrected chi connectivity index (χ1v) is 28.2. The first-order chi connectivity index (χ1) is 31.3. The highest BCUT2D eigenvalue weighted by Gasteiger charge is 2.26. The highest BCUT2D eigenvalue weighted by atomic mass is 31.2. The van der Waals surface area contributed by atoms with Crippen LogP contribution >= 0.6 is 7.82 Å². The lowest BCUT2D eigenvalue weighted by molar-refractivity contribution is -0.161. The molecule has 0 aliphatic rings. The van der Waals surface area contributed by atoms with Gasteiger partial charge in [-0.05, 0) is 25.3 Å². The van der Waals surface area contributed by atoms with Crippen molar-refractivity contribution in [2.45, 2.75) is 273 Å². The van der Waals surface area contributed by atoms with E-state index in [4.69, 9.17) is 23.6 Å². The molecule has 1 unspecified atom stereocenters. The van der Waals surface area contributed by atoms with Gasteiger partial charge in [-0.2, -0.15) is 0 Å². The number of rotatable bonds is 43.